The molecule has 18 heavy (non-hydrogen) atoms. The third kappa shape index (κ3) is 3.74. The van der Waals surface area contributed by atoms with Crippen molar-refractivity contribution in [2.75, 3.05) is 18.5 Å². The van der Waals surface area contributed by atoms with Gasteiger partial charge >= 0.3 is 0 Å². The maximum atomic E-state index is 5.68. The number of ether oxygens (including phenoxy) is 1. The van der Waals surface area contributed by atoms with Gasteiger partial charge in [0.1, 0.15) is 0 Å². The molecule has 0 atom stereocenters. The van der Waals surface area contributed by atoms with Gasteiger partial charge < -0.3 is 10.1 Å². The van der Waals surface area contributed by atoms with Crippen LogP contribution in [0.1, 0.15) is 20.8 Å². The molecule has 0 aliphatic rings. The zero-order valence-electron chi connectivity index (χ0n) is 11.4. The molecule has 2 rings (SSSR count). The van der Waals surface area contributed by atoms with Crippen LogP contribution in [0.3, 0.4) is 0 Å². The lowest BCUT2D eigenvalue weighted by molar-refractivity contribution is 0.00333. The first-order valence-corrected chi connectivity index (χ1v) is 6.41. The molecule has 1 N–H and O–H groups in total. The van der Waals surface area contributed by atoms with Gasteiger partial charge in [-0.05, 0) is 43.7 Å². The van der Waals surface area contributed by atoms with Gasteiger partial charge in [-0.25, -0.2) is 0 Å². The molecule has 0 radical (unpaired) electrons. The second-order valence-corrected chi connectivity index (χ2v) is 5.45. The van der Waals surface area contributed by atoms with Crippen LogP contribution < -0.4 is 5.32 Å². The molecule has 0 saturated carbocycles. The minimum atomic E-state index is -0.0644. The molecule has 0 amide bonds. The first kappa shape index (κ1) is 12.9. The van der Waals surface area contributed by atoms with Crippen molar-refractivity contribution in [2.45, 2.75) is 26.4 Å². The SMILES string of the molecule is CC(C)(C)OCCNc1ccc2ccccc2c1. The van der Waals surface area contributed by atoms with E-state index in [-0.39, 0.29) is 5.60 Å². The van der Waals surface area contributed by atoms with Crippen LogP contribution >= 0.6 is 0 Å². The number of rotatable bonds is 4. The Balaban J connectivity index is 1.92. The molecule has 0 aliphatic heterocycles. The second kappa shape index (κ2) is 5.40. The van der Waals surface area contributed by atoms with Gasteiger partial charge in [0.05, 0.1) is 12.2 Å². The summed E-state index contributed by atoms with van der Waals surface area (Å²) in [6, 6.07) is 14.8. The van der Waals surface area contributed by atoms with Gasteiger partial charge in [-0.1, -0.05) is 30.3 Å². The van der Waals surface area contributed by atoms with E-state index in [9.17, 15) is 0 Å². The van der Waals surface area contributed by atoms with Crippen molar-refractivity contribution >= 4 is 16.5 Å². The Morgan fingerprint density at radius 1 is 1.00 bits per heavy atom. The molecular formula is C16H21NO. The maximum absolute atomic E-state index is 5.68. The molecule has 96 valence electrons. The lowest BCUT2D eigenvalue weighted by Crippen LogP contribution is -2.23. The van der Waals surface area contributed by atoms with Gasteiger partial charge in [0.25, 0.3) is 0 Å². The van der Waals surface area contributed by atoms with E-state index < -0.39 is 0 Å². The fourth-order valence-corrected chi connectivity index (χ4v) is 1.85. The highest BCUT2D eigenvalue weighted by atomic mass is 16.5. The quantitative estimate of drug-likeness (QED) is 0.817. The Labute approximate surface area is 109 Å². The number of benzene rings is 2. The largest absolute Gasteiger partial charge is 0.383 e. The van der Waals surface area contributed by atoms with E-state index in [2.05, 4.69) is 68.6 Å². The summed E-state index contributed by atoms with van der Waals surface area (Å²) in [5.41, 5.74) is 1.08. The van der Waals surface area contributed by atoms with Crippen molar-refractivity contribution in [3.8, 4) is 0 Å². The Hall–Kier alpha value is -1.54. The highest BCUT2D eigenvalue weighted by Crippen LogP contribution is 2.18. The van der Waals surface area contributed by atoms with E-state index in [4.69, 9.17) is 4.74 Å². The third-order valence-corrected chi connectivity index (χ3v) is 2.72. The van der Waals surface area contributed by atoms with Crippen molar-refractivity contribution in [2.24, 2.45) is 0 Å². The average Bonchev–Trinajstić information content (AvgIpc) is 2.33. The van der Waals surface area contributed by atoms with E-state index in [1.54, 1.807) is 0 Å². The Bertz CT molecular complexity index is 514. The van der Waals surface area contributed by atoms with Gasteiger partial charge in [-0.15, -0.1) is 0 Å². The van der Waals surface area contributed by atoms with E-state index in [0.717, 1.165) is 18.8 Å². The number of hydrogen-bond donors (Lipinski definition) is 1. The summed E-state index contributed by atoms with van der Waals surface area (Å²) in [5.74, 6) is 0. The van der Waals surface area contributed by atoms with Gasteiger partial charge in [0.2, 0.25) is 0 Å². The molecule has 0 bridgehead atoms. The lowest BCUT2D eigenvalue weighted by atomic mass is 10.1. The van der Waals surface area contributed by atoms with Gasteiger partial charge in [-0.2, -0.15) is 0 Å². The minimum Gasteiger partial charge on any atom is -0.383 e. The van der Waals surface area contributed by atoms with Crippen molar-refractivity contribution in [3.63, 3.8) is 0 Å². The molecule has 0 heterocycles. The maximum Gasteiger partial charge on any atom is 0.0646 e. The first-order chi connectivity index (χ1) is 8.54. The number of nitrogens with one attached hydrogen (secondary N) is 1. The fraction of sp³-hybridized carbons (Fsp3) is 0.375. The minimum absolute atomic E-state index is 0.0644. The third-order valence-electron chi connectivity index (χ3n) is 2.72. The topological polar surface area (TPSA) is 21.3 Å². The monoisotopic (exact) mass is 243 g/mol. The Kier molecular flexibility index (Phi) is 3.87. The highest BCUT2D eigenvalue weighted by molar-refractivity contribution is 5.85. The highest BCUT2D eigenvalue weighted by Gasteiger charge is 2.08. The van der Waals surface area contributed by atoms with Gasteiger partial charge in [0.15, 0.2) is 0 Å². The van der Waals surface area contributed by atoms with Crippen molar-refractivity contribution in [1.82, 2.24) is 0 Å². The molecule has 0 aliphatic carbocycles. The molecule has 0 fully saturated rings. The molecule has 0 spiro atoms. The lowest BCUT2D eigenvalue weighted by Gasteiger charge is -2.19. The summed E-state index contributed by atoms with van der Waals surface area (Å²) in [5, 5.41) is 5.92. The van der Waals surface area contributed by atoms with E-state index in [1.165, 1.54) is 10.8 Å². The molecule has 0 saturated heterocycles. The molecule has 0 aromatic heterocycles. The standard InChI is InChI=1S/C16H21NO/c1-16(2,3)18-11-10-17-15-9-8-13-6-4-5-7-14(13)12-15/h4-9,12,17H,10-11H2,1-3H3. The summed E-state index contributed by atoms with van der Waals surface area (Å²) in [6.45, 7) is 7.76. The molecule has 2 aromatic rings. The average molecular weight is 243 g/mol. The second-order valence-electron chi connectivity index (χ2n) is 5.45. The first-order valence-electron chi connectivity index (χ1n) is 6.41. The molecule has 2 nitrogen and oxygen atoms in total. The summed E-state index contributed by atoms with van der Waals surface area (Å²) in [4.78, 5) is 0. The summed E-state index contributed by atoms with van der Waals surface area (Å²) in [7, 11) is 0. The van der Waals surface area contributed by atoms with Crippen LogP contribution in [-0.2, 0) is 4.74 Å². The number of hydrogen-bond acceptors (Lipinski definition) is 2. The predicted octanol–water partition coefficient (Wildman–Crippen LogP) is 4.07. The Morgan fingerprint density at radius 3 is 2.44 bits per heavy atom. The van der Waals surface area contributed by atoms with Crippen LogP contribution in [0.5, 0.6) is 0 Å². The number of fused-ring (bicyclic) bond motifs is 1. The molecule has 2 heteroatoms. The van der Waals surface area contributed by atoms with Crippen molar-refractivity contribution in [1.29, 1.82) is 0 Å². The van der Waals surface area contributed by atoms with Crippen LogP contribution in [0, 0.1) is 0 Å². The van der Waals surface area contributed by atoms with E-state index >= 15 is 0 Å². The zero-order valence-corrected chi connectivity index (χ0v) is 11.4. The summed E-state index contributed by atoms with van der Waals surface area (Å²) in [6.07, 6.45) is 0. The fourth-order valence-electron chi connectivity index (χ4n) is 1.85. The summed E-state index contributed by atoms with van der Waals surface area (Å²) < 4.78 is 5.68. The van der Waals surface area contributed by atoms with Crippen LogP contribution in [0.25, 0.3) is 10.8 Å². The van der Waals surface area contributed by atoms with E-state index in [0.29, 0.717) is 0 Å². The predicted molar refractivity (Wildman–Crippen MR) is 78.1 cm³/mol. The van der Waals surface area contributed by atoms with Crippen molar-refractivity contribution < 1.29 is 4.74 Å². The zero-order chi connectivity index (χ0) is 13.0. The van der Waals surface area contributed by atoms with Crippen LogP contribution in [0.15, 0.2) is 42.5 Å². The van der Waals surface area contributed by atoms with Crippen LogP contribution in [-0.4, -0.2) is 18.8 Å². The van der Waals surface area contributed by atoms with Gasteiger partial charge in [-0.3, -0.25) is 0 Å². The molecule has 2 aromatic carbocycles. The summed E-state index contributed by atoms with van der Waals surface area (Å²) >= 11 is 0. The smallest absolute Gasteiger partial charge is 0.0646 e. The molecular weight excluding hydrogens is 222 g/mol. The number of anilines is 1. The normalized spacial score (nSPS) is 11.7. The van der Waals surface area contributed by atoms with Gasteiger partial charge in [0, 0.05) is 12.2 Å². The van der Waals surface area contributed by atoms with Crippen molar-refractivity contribution in [3.05, 3.63) is 42.5 Å². The van der Waals surface area contributed by atoms with Crippen LogP contribution in [0.4, 0.5) is 5.69 Å². The van der Waals surface area contributed by atoms with Crippen LogP contribution in [0.2, 0.25) is 0 Å². The van der Waals surface area contributed by atoms with E-state index in [1.807, 2.05) is 0 Å². The molecule has 0 unspecified atom stereocenters. The Morgan fingerprint density at radius 2 is 1.72 bits per heavy atom.